The number of amides is 1. The molecule has 0 aromatic heterocycles. The van der Waals surface area contributed by atoms with Crippen molar-refractivity contribution in [3.8, 4) is 12.3 Å². The second kappa shape index (κ2) is 7.12. The lowest BCUT2D eigenvalue weighted by Crippen LogP contribution is -2.35. The van der Waals surface area contributed by atoms with E-state index < -0.39 is 0 Å². The fourth-order valence-electron chi connectivity index (χ4n) is 1.85. The Morgan fingerprint density at radius 2 is 1.90 bits per heavy atom. The third-order valence-corrected chi connectivity index (χ3v) is 3.17. The van der Waals surface area contributed by atoms with Crippen molar-refractivity contribution in [3.05, 3.63) is 35.4 Å². The first-order valence-corrected chi connectivity index (χ1v) is 6.82. The molecule has 3 nitrogen and oxygen atoms in total. The van der Waals surface area contributed by atoms with Crippen LogP contribution in [0, 0.1) is 12.3 Å². The van der Waals surface area contributed by atoms with E-state index in [0.717, 1.165) is 5.56 Å². The molecule has 0 unspecified atom stereocenters. The van der Waals surface area contributed by atoms with Gasteiger partial charge in [-0.2, -0.15) is 0 Å². The number of carbonyl (C=O) groups excluding carboxylic acids is 1. The zero-order valence-electron chi connectivity index (χ0n) is 12.9. The van der Waals surface area contributed by atoms with Crippen molar-refractivity contribution in [1.29, 1.82) is 0 Å². The van der Waals surface area contributed by atoms with Crippen LogP contribution in [0.5, 0.6) is 0 Å². The van der Waals surface area contributed by atoms with Gasteiger partial charge in [-0.25, -0.2) is 0 Å². The molecule has 0 aliphatic heterocycles. The van der Waals surface area contributed by atoms with Crippen LogP contribution >= 0.6 is 0 Å². The van der Waals surface area contributed by atoms with Crippen molar-refractivity contribution in [2.45, 2.75) is 32.7 Å². The van der Waals surface area contributed by atoms with Crippen LogP contribution in [0.3, 0.4) is 0 Å². The van der Waals surface area contributed by atoms with Gasteiger partial charge in [0, 0.05) is 13.6 Å². The van der Waals surface area contributed by atoms with Crippen LogP contribution < -0.4 is 5.32 Å². The Kier molecular flexibility index (Phi) is 5.79. The minimum absolute atomic E-state index is 0.0418. The van der Waals surface area contributed by atoms with Crippen molar-refractivity contribution in [3.63, 3.8) is 0 Å². The maximum atomic E-state index is 11.8. The summed E-state index contributed by atoms with van der Waals surface area (Å²) < 4.78 is 0. The maximum absolute atomic E-state index is 11.8. The molecule has 108 valence electrons. The highest BCUT2D eigenvalue weighted by atomic mass is 16.2. The summed E-state index contributed by atoms with van der Waals surface area (Å²) in [6.45, 7) is 7.88. The number of carbonyl (C=O) groups is 1. The second-order valence-electron chi connectivity index (χ2n) is 6.00. The first kappa shape index (κ1) is 16.3. The molecule has 0 aliphatic carbocycles. The van der Waals surface area contributed by atoms with Crippen LogP contribution in [0.1, 0.15) is 31.9 Å². The van der Waals surface area contributed by atoms with Crippen LogP contribution in [0.4, 0.5) is 0 Å². The summed E-state index contributed by atoms with van der Waals surface area (Å²) >= 11 is 0. The van der Waals surface area contributed by atoms with Crippen LogP contribution in [0.25, 0.3) is 0 Å². The van der Waals surface area contributed by atoms with E-state index in [-0.39, 0.29) is 17.9 Å². The van der Waals surface area contributed by atoms with Crippen molar-refractivity contribution in [2.24, 2.45) is 0 Å². The number of benzene rings is 1. The van der Waals surface area contributed by atoms with Crippen LogP contribution in [0.2, 0.25) is 0 Å². The Morgan fingerprint density at radius 3 is 2.40 bits per heavy atom. The molecule has 3 heteroatoms. The summed E-state index contributed by atoms with van der Waals surface area (Å²) in [5.74, 6) is 2.49. The van der Waals surface area contributed by atoms with Gasteiger partial charge in [0.15, 0.2) is 0 Å². The van der Waals surface area contributed by atoms with E-state index in [2.05, 4.69) is 56.3 Å². The average Bonchev–Trinajstić information content (AvgIpc) is 2.38. The molecule has 0 heterocycles. The third kappa shape index (κ3) is 5.07. The number of nitrogens with zero attached hydrogens (tertiary/aromatic N) is 1. The SMILES string of the molecule is C#CCNCC(=O)N(C)Cc1ccc(C(C)(C)C)cc1. The maximum Gasteiger partial charge on any atom is 0.236 e. The third-order valence-electron chi connectivity index (χ3n) is 3.17. The molecule has 20 heavy (non-hydrogen) atoms. The molecule has 0 spiro atoms. The minimum Gasteiger partial charge on any atom is -0.340 e. The van der Waals surface area contributed by atoms with Crippen molar-refractivity contribution >= 4 is 5.91 Å². The van der Waals surface area contributed by atoms with Crippen molar-refractivity contribution in [2.75, 3.05) is 20.1 Å². The molecule has 0 fully saturated rings. The lowest BCUT2D eigenvalue weighted by molar-refractivity contribution is -0.129. The molecule has 0 radical (unpaired) electrons. The molecule has 1 aromatic rings. The van der Waals surface area contributed by atoms with Crippen LogP contribution in [-0.2, 0) is 16.8 Å². The molecule has 0 saturated carbocycles. The lowest BCUT2D eigenvalue weighted by atomic mass is 9.87. The normalized spacial score (nSPS) is 10.9. The van der Waals surface area contributed by atoms with Gasteiger partial charge in [0.25, 0.3) is 0 Å². The molecule has 0 atom stereocenters. The van der Waals surface area contributed by atoms with Crippen molar-refractivity contribution in [1.82, 2.24) is 10.2 Å². The molecule has 1 amide bonds. The largest absolute Gasteiger partial charge is 0.340 e. The smallest absolute Gasteiger partial charge is 0.236 e. The van der Waals surface area contributed by atoms with Crippen LogP contribution in [-0.4, -0.2) is 30.9 Å². The highest BCUT2D eigenvalue weighted by Gasteiger charge is 2.13. The molecule has 1 aromatic carbocycles. The number of hydrogen-bond donors (Lipinski definition) is 1. The zero-order chi connectivity index (χ0) is 15.2. The number of hydrogen-bond acceptors (Lipinski definition) is 2. The van der Waals surface area contributed by atoms with Gasteiger partial charge in [0.2, 0.25) is 5.91 Å². The second-order valence-corrected chi connectivity index (χ2v) is 6.00. The topological polar surface area (TPSA) is 32.3 Å². The monoisotopic (exact) mass is 272 g/mol. The molecular weight excluding hydrogens is 248 g/mol. The zero-order valence-corrected chi connectivity index (χ0v) is 12.9. The Morgan fingerprint density at radius 1 is 1.30 bits per heavy atom. The predicted octanol–water partition coefficient (Wildman–Crippen LogP) is 2.17. The van der Waals surface area contributed by atoms with E-state index in [1.54, 1.807) is 11.9 Å². The summed E-state index contributed by atoms with van der Waals surface area (Å²) in [6, 6.07) is 8.42. The Labute approximate surface area is 122 Å². The Bertz CT molecular complexity index is 477. The molecule has 0 bridgehead atoms. The highest BCUT2D eigenvalue weighted by Crippen LogP contribution is 2.22. The molecule has 1 N–H and O–H groups in total. The fourth-order valence-corrected chi connectivity index (χ4v) is 1.85. The van der Waals surface area contributed by atoms with E-state index >= 15 is 0 Å². The molecule has 0 aliphatic rings. The van der Waals surface area contributed by atoms with Gasteiger partial charge < -0.3 is 4.90 Å². The van der Waals surface area contributed by atoms with Gasteiger partial charge in [-0.3, -0.25) is 10.1 Å². The first-order chi connectivity index (χ1) is 9.34. The quantitative estimate of drug-likeness (QED) is 0.658. The molecule has 0 saturated heterocycles. The minimum atomic E-state index is 0.0418. The van der Waals surface area contributed by atoms with Gasteiger partial charge in [-0.05, 0) is 16.5 Å². The lowest BCUT2D eigenvalue weighted by Gasteiger charge is -2.21. The standard InChI is InChI=1S/C17H24N2O/c1-6-11-18-12-16(20)19(5)13-14-7-9-15(10-8-14)17(2,3)4/h1,7-10,18H,11-13H2,2-5H3. The van der Waals surface area contributed by atoms with E-state index in [0.29, 0.717) is 13.1 Å². The first-order valence-electron chi connectivity index (χ1n) is 6.82. The van der Waals surface area contributed by atoms with Crippen LogP contribution in [0.15, 0.2) is 24.3 Å². The Balaban J connectivity index is 2.56. The van der Waals surface area contributed by atoms with E-state index in [1.807, 2.05) is 0 Å². The number of likely N-dealkylation sites (N-methyl/N-ethyl adjacent to an activating group) is 1. The predicted molar refractivity (Wildman–Crippen MR) is 83.3 cm³/mol. The van der Waals surface area contributed by atoms with Gasteiger partial charge in [-0.15, -0.1) is 6.42 Å². The van der Waals surface area contributed by atoms with Crippen molar-refractivity contribution < 1.29 is 4.79 Å². The Hall–Kier alpha value is -1.79. The molecular formula is C17H24N2O. The van der Waals surface area contributed by atoms with Gasteiger partial charge in [0.1, 0.15) is 0 Å². The van der Waals surface area contributed by atoms with E-state index in [4.69, 9.17) is 6.42 Å². The highest BCUT2D eigenvalue weighted by molar-refractivity contribution is 5.78. The number of nitrogens with one attached hydrogen (secondary N) is 1. The summed E-state index contributed by atoms with van der Waals surface area (Å²) in [5, 5.41) is 2.90. The fraction of sp³-hybridized carbons (Fsp3) is 0.471. The number of terminal acetylenes is 1. The van der Waals surface area contributed by atoms with Gasteiger partial charge in [0.05, 0.1) is 13.1 Å². The summed E-state index contributed by atoms with van der Waals surface area (Å²) in [4.78, 5) is 13.5. The summed E-state index contributed by atoms with van der Waals surface area (Å²) in [7, 11) is 1.80. The van der Waals surface area contributed by atoms with Gasteiger partial charge in [-0.1, -0.05) is 51.0 Å². The van der Waals surface area contributed by atoms with E-state index in [9.17, 15) is 4.79 Å². The average molecular weight is 272 g/mol. The van der Waals surface area contributed by atoms with E-state index in [1.165, 1.54) is 5.56 Å². The summed E-state index contributed by atoms with van der Waals surface area (Å²) in [5.41, 5.74) is 2.58. The summed E-state index contributed by atoms with van der Waals surface area (Å²) in [6.07, 6.45) is 5.13. The number of rotatable bonds is 5. The molecule has 1 rings (SSSR count). The van der Waals surface area contributed by atoms with Gasteiger partial charge >= 0.3 is 0 Å².